The highest BCUT2D eigenvalue weighted by atomic mass is 35.5. The Morgan fingerprint density at radius 1 is 1.28 bits per heavy atom. The van der Waals surface area contributed by atoms with E-state index in [1.807, 2.05) is 31.2 Å². The van der Waals surface area contributed by atoms with Crippen molar-refractivity contribution in [1.82, 2.24) is 10.3 Å². The van der Waals surface area contributed by atoms with Gasteiger partial charge < -0.3 is 5.32 Å². The van der Waals surface area contributed by atoms with E-state index in [9.17, 15) is 4.79 Å². The van der Waals surface area contributed by atoms with Gasteiger partial charge in [-0.3, -0.25) is 4.79 Å². The van der Waals surface area contributed by atoms with Gasteiger partial charge in [-0.2, -0.15) is 0 Å². The normalized spacial score (nSPS) is 10.2. The van der Waals surface area contributed by atoms with Crippen molar-refractivity contribution in [1.29, 1.82) is 0 Å². The first-order valence-electron chi connectivity index (χ1n) is 5.57. The average molecular weight is 261 g/mol. The summed E-state index contributed by atoms with van der Waals surface area (Å²) in [4.78, 5) is 15.8. The molecule has 4 heteroatoms. The van der Waals surface area contributed by atoms with Gasteiger partial charge in [0.25, 0.3) is 5.91 Å². The number of rotatable bonds is 2. The molecule has 0 saturated heterocycles. The lowest BCUT2D eigenvalue weighted by Gasteiger charge is -2.11. The first-order valence-corrected chi connectivity index (χ1v) is 5.95. The number of aromatic nitrogens is 1. The van der Waals surface area contributed by atoms with E-state index in [0.717, 1.165) is 16.7 Å². The number of pyridine rings is 1. The summed E-state index contributed by atoms with van der Waals surface area (Å²) in [6.45, 7) is 2.00. The van der Waals surface area contributed by atoms with E-state index in [4.69, 9.17) is 11.6 Å². The fraction of sp³-hybridized carbons (Fsp3) is 0.143. The van der Waals surface area contributed by atoms with Crippen LogP contribution in [0.25, 0.3) is 11.1 Å². The number of hydrogen-bond donors (Lipinski definition) is 1. The molecule has 2 rings (SSSR count). The van der Waals surface area contributed by atoms with E-state index in [-0.39, 0.29) is 5.91 Å². The molecule has 0 bridgehead atoms. The summed E-state index contributed by atoms with van der Waals surface area (Å²) < 4.78 is 0. The Morgan fingerprint density at radius 2 is 2.00 bits per heavy atom. The van der Waals surface area contributed by atoms with Gasteiger partial charge in [0.15, 0.2) is 0 Å². The van der Waals surface area contributed by atoms with Crippen LogP contribution in [0.4, 0.5) is 0 Å². The Kier molecular flexibility index (Phi) is 3.63. The fourth-order valence-electron chi connectivity index (χ4n) is 1.84. The zero-order valence-corrected chi connectivity index (χ0v) is 11.0. The predicted octanol–water partition coefficient (Wildman–Crippen LogP) is 3.07. The highest BCUT2D eigenvalue weighted by Gasteiger charge is 2.14. The molecule has 0 radical (unpaired) electrons. The van der Waals surface area contributed by atoms with Gasteiger partial charge in [0.2, 0.25) is 0 Å². The van der Waals surface area contributed by atoms with E-state index >= 15 is 0 Å². The Labute approximate surface area is 111 Å². The molecule has 1 amide bonds. The molecule has 2 aromatic rings. The number of nitrogens with one attached hydrogen (secondary N) is 1. The van der Waals surface area contributed by atoms with Gasteiger partial charge in [0.1, 0.15) is 5.15 Å². The lowest BCUT2D eigenvalue weighted by Crippen LogP contribution is -2.19. The molecule has 0 aliphatic carbocycles. The number of carbonyl (C=O) groups is 1. The van der Waals surface area contributed by atoms with E-state index in [1.165, 1.54) is 6.20 Å². The standard InChI is InChI=1S/C14H13ClN2O/c1-9-5-3-4-6-10(9)11-7-13(15)17-8-12(11)14(18)16-2/h3-8H,1-2H3,(H,16,18). The summed E-state index contributed by atoms with van der Waals surface area (Å²) in [5.74, 6) is -0.169. The summed E-state index contributed by atoms with van der Waals surface area (Å²) in [5, 5.41) is 2.98. The molecule has 18 heavy (non-hydrogen) atoms. The number of carbonyl (C=O) groups excluding carboxylic acids is 1. The van der Waals surface area contributed by atoms with Crippen LogP contribution in [-0.2, 0) is 0 Å². The van der Waals surface area contributed by atoms with Crippen molar-refractivity contribution in [2.75, 3.05) is 7.05 Å². The molecule has 0 spiro atoms. The lowest BCUT2D eigenvalue weighted by molar-refractivity contribution is 0.0963. The molecule has 0 saturated carbocycles. The van der Waals surface area contributed by atoms with Gasteiger partial charge >= 0.3 is 0 Å². The summed E-state index contributed by atoms with van der Waals surface area (Å²) >= 11 is 5.92. The van der Waals surface area contributed by atoms with Crippen molar-refractivity contribution in [2.45, 2.75) is 6.92 Å². The molecule has 1 N–H and O–H groups in total. The third-order valence-corrected chi connectivity index (χ3v) is 2.98. The maximum absolute atomic E-state index is 11.8. The predicted molar refractivity (Wildman–Crippen MR) is 72.8 cm³/mol. The first-order chi connectivity index (χ1) is 8.63. The molecule has 3 nitrogen and oxygen atoms in total. The number of aryl methyl sites for hydroxylation is 1. The number of halogens is 1. The van der Waals surface area contributed by atoms with Crippen LogP contribution in [0.1, 0.15) is 15.9 Å². The second-order valence-electron chi connectivity index (χ2n) is 3.95. The zero-order valence-electron chi connectivity index (χ0n) is 10.2. The van der Waals surface area contributed by atoms with Crippen LogP contribution in [0.15, 0.2) is 36.5 Å². The minimum Gasteiger partial charge on any atom is -0.355 e. The van der Waals surface area contributed by atoms with E-state index < -0.39 is 0 Å². The van der Waals surface area contributed by atoms with E-state index in [1.54, 1.807) is 13.1 Å². The van der Waals surface area contributed by atoms with Crippen molar-refractivity contribution in [2.24, 2.45) is 0 Å². The highest BCUT2D eigenvalue weighted by Crippen LogP contribution is 2.28. The van der Waals surface area contributed by atoms with Crippen LogP contribution in [0.5, 0.6) is 0 Å². The summed E-state index contributed by atoms with van der Waals surface area (Å²) in [6.07, 6.45) is 1.50. The summed E-state index contributed by atoms with van der Waals surface area (Å²) in [7, 11) is 1.60. The highest BCUT2D eigenvalue weighted by molar-refractivity contribution is 6.29. The molecule has 0 fully saturated rings. The third kappa shape index (κ3) is 2.36. The van der Waals surface area contributed by atoms with Crippen LogP contribution in [0, 0.1) is 6.92 Å². The molecule has 0 aliphatic rings. The molecule has 92 valence electrons. The molecule has 0 aliphatic heterocycles. The van der Waals surface area contributed by atoms with Gasteiger partial charge in [-0.25, -0.2) is 4.98 Å². The van der Waals surface area contributed by atoms with Gasteiger partial charge in [-0.05, 0) is 29.7 Å². The van der Waals surface area contributed by atoms with Crippen molar-refractivity contribution < 1.29 is 4.79 Å². The second-order valence-corrected chi connectivity index (χ2v) is 4.33. The zero-order chi connectivity index (χ0) is 13.1. The van der Waals surface area contributed by atoms with E-state index in [0.29, 0.717) is 10.7 Å². The molecular formula is C14H13ClN2O. The van der Waals surface area contributed by atoms with Gasteiger partial charge in [0.05, 0.1) is 5.56 Å². The van der Waals surface area contributed by atoms with E-state index in [2.05, 4.69) is 10.3 Å². The van der Waals surface area contributed by atoms with Gasteiger partial charge in [-0.15, -0.1) is 0 Å². The summed E-state index contributed by atoms with van der Waals surface area (Å²) in [5.41, 5.74) is 3.40. The molecule has 1 aromatic carbocycles. The number of nitrogens with zero attached hydrogens (tertiary/aromatic N) is 1. The average Bonchev–Trinajstić information content (AvgIpc) is 2.38. The summed E-state index contributed by atoms with van der Waals surface area (Å²) in [6, 6.07) is 9.57. The Bertz CT molecular complexity index is 596. The molecule has 0 unspecified atom stereocenters. The Morgan fingerprint density at radius 3 is 2.67 bits per heavy atom. The van der Waals surface area contributed by atoms with Crippen LogP contribution in [-0.4, -0.2) is 17.9 Å². The minimum absolute atomic E-state index is 0.169. The lowest BCUT2D eigenvalue weighted by atomic mass is 9.97. The molecule has 1 heterocycles. The van der Waals surface area contributed by atoms with Crippen molar-refractivity contribution >= 4 is 17.5 Å². The molecular weight excluding hydrogens is 248 g/mol. The largest absolute Gasteiger partial charge is 0.355 e. The number of hydrogen-bond acceptors (Lipinski definition) is 2. The third-order valence-electron chi connectivity index (χ3n) is 2.78. The SMILES string of the molecule is CNC(=O)c1cnc(Cl)cc1-c1ccccc1C. The van der Waals surface area contributed by atoms with Crippen molar-refractivity contribution in [3.8, 4) is 11.1 Å². The minimum atomic E-state index is -0.169. The van der Waals surface area contributed by atoms with Crippen LogP contribution < -0.4 is 5.32 Å². The molecule has 1 aromatic heterocycles. The quantitative estimate of drug-likeness (QED) is 0.844. The van der Waals surface area contributed by atoms with Gasteiger partial charge in [-0.1, -0.05) is 35.9 Å². The van der Waals surface area contributed by atoms with Gasteiger partial charge in [0, 0.05) is 13.2 Å². The monoisotopic (exact) mass is 260 g/mol. The topological polar surface area (TPSA) is 42.0 Å². The maximum atomic E-state index is 11.8. The number of amides is 1. The van der Waals surface area contributed by atoms with Crippen molar-refractivity contribution in [3.63, 3.8) is 0 Å². The second kappa shape index (κ2) is 5.19. The first kappa shape index (κ1) is 12.6. The van der Waals surface area contributed by atoms with Crippen LogP contribution in [0.2, 0.25) is 5.15 Å². The molecule has 0 atom stereocenters. The number of benzene rings is 1. The van der Waals surface area contributed by atoms with Crippen LogP contribution >= 0.6 is 11.6 Å². The van der Waals surface area contributed by atoms with Crippen LogP contribution in [0.3, 0.4) is 0 Å². The smallest absolute Gasteiger partial charge is 0.253 e. The maximum Gasteiger partial charge on any atom is 0.253 e. The Balaban J connectivity index is 2.66. The Hall–Kier alpha value is -1.87. The van der Waals surface area contributed by atoms with Crippen molar-refractivity contribution in [3.05, 3.63) is 52.8 Å². The fourth-order valence-corrected chi connectivity index (χ4v) is 2.00.